The number of aromatic nitrogens is 2. The minimum absolute atomic E-state index is 0.0284. The van der Waals surface area contributed by atoms with Gasteiger partial charge in [-0.05, 0) is 36.4 Å². The third kappa shape index (κ3) is 4.83. The van der Waals surface area contributed by atoms with Crippen molar-refractivity contribution < 1.29 is 9.53 Å². The molecular weight excluding hydrogens is 423 g/mol. The molecule has 0 spiro atoms. The molecule has 1 fully saturated rings. The van der Waals surface area contributed by atoms with Gasteiger partial charge in [0.1, 0.15) is 5.75 Å². The van der Waals surface area contributed by atoms with Crippen LogP contribution in [0, 0.1) is 0 Å². The lowest BCUT2D eigenvalue weighted by atomic mass is 10.1. The Balaban J connectivity index is 1.30. The maximum Gasteiger partial charge on any atom is 0.260 e. The molecule has 0 saturated carbocycles. The van der Waals surface area contributed by atoms with Crippen molar-refractivity contribution in [1.29, 1.82) is 0 Å². The predicted octanol–water partition coefficient (Wildman–Crippen LogP) is 4.18. The van der Waals surface area contributed by atoms with Crippen LogP contribution in [0.5, 0.6) is 5.75 Å². The molecule has 4 rings (SSSR count). The molecule has 6 nitrogen and oxygen atoms in total. The maximum absolute atomic E-state index is 12.5. The van der Waals surface area contributed by atoms with Gasteiger partial charge in [-0.3, -0.25) is 4.79 Å². The van der Waals surface area contributed by atoms with E-state index in [1.54, 1.807) is 17.0 Å². The number of benzene rings is 2. The molecule has 3 aromatic rings. The molecule has 1 aliphatic heterocycles. The normalized spacial score (nSPS) is 13.9. The molecule has 0 atom stereocenters. The van der Waals surface area contributed by atoms with Gasteiger partial charge in [-0.1, -0.05) is 47.5 Å². The zero-order chi connectivity index (χ0) is 20.9. The molecule has 0 radical (unpaired) electrons. The van der Waals surface area contributed by atoms with Crippen LogP contribution in [0.1, 0.15) is 0 Å². The fourth-order valence-electron chi connectivity index (χ4n) is 3.25. The number of ether oxygens (including phenoxy) is 1. The molecule has 1 aromatic heterocycles. The van der Waals surface area contributed by atoms with Crippen LogP contribution in [-0.4, -0.2) is 53.8 Å². The highest BCUT2D eigenvalue weighted by atomic mass is 35.5. The van der Waals surface area contributed by atoms with E-state index >= 15 is 0 Å². The third-order valence-electron chi connectivity index (χ3n) is 4.93. The summed E-state index contributed by atoms with van der Waals surface area (Å²) in [6.45, 7) is 2.55. The summed E-state index contributed by atoms with van der Waals surface area (Å²) in [6, 6.07) is 18.5. The second-order valence-electron chi connectivity index (χ2n) is 6.87. The molecule has 8 heteroatoms. The fraction of sp³-hybridized carbons (Fsp3) is 0.227. The van der Waals surface area contributed by atoms with Crippen molar-refractivity contribution in [3.05, 3.63) is 70.7 Å². The van der Waals surface area contributed by atoms with Crippen LogP contribution in [-0.2, 0) is 4.79 Å². The van der Waals surface area contributed by atoms with Crippen LogP contribution in [0.2, 0.25) is 10.0 Å². The molecule has 0 unspecified atom stereocenters. The number of halogens is 2. The van der Waals surface area contributed by atoms with Gasteiger partial charge < -0.3 is 14.5 Å². The van der Waals surface area contributed by atoms with Crippen molar-refractivity contribution in [1.82, 2.24) is 15.1 Å². The molecular formula is C22H20Cl2N4O2. The molecule has 1 aliphatic rings. The second kappa shape index (κ2) is 9.32. The van der Waals surface area contributed by atoms with Crippen LogP contribution < -0.4 is 9.64 Å². The lowest BCUT2D eigenvalue weighted by Crippen LogP contribution is -2.50. The Morgan fingerprint density at radius 1 is 0.900 bits per heavy atom. The fourth-order valence-corrected chi connectivity index (χ4v) is 3.56. The average molecular weight is 443 g/mol. The molecule has 0 aliphatic carbocycles. The van der Waals surface area contributed by atoms with E-state index in [1.807, 2.05) is 48.5 Å². The lowest BCUT2D eigenvalue weighted by Gasteiger charge is -2.35. The summed E-state index contributed by atoms with van der Waals surface area (Å²) < 4.78 is 5.56. The Morgan fingerprint density at radius 3 is 2.30 bits per heavy atom. The van der Waals surface area contributed by atoms with Crippen molar-refractivity contribution in [2.75, 3.05) is 37.7 Å². The van der Waals surface area contributed by atoms with E-state index in [4.69, 9.17) is 27.9 Å². The highest BCUT2D eigenvalue weighted by molar-refractivity contribution is 6.32. The molecule has 1 amide bonds. The Bertz CT molecular complexity index is 1000. The Labute approximate surface area is 185 Å². The van der Waals surface area contributed by atoms with Gasteiger partial charge in [0.15, 0.2) is 12.4 Å². The van der Waals surface area contributed by atoms with Crippen LogP contribution in [0.25, 0.3) is 11.3 Å². The number of anilines is 1. The predicted molar refractivity (Wildman–Crippen MR) is 118 cm³/mol. The van der Waals surface area contributed by atoms with E-state index in [0.717, 1.165) is 17.1 Å². The third-order valence-corrected chi connectivity index (χ3v) is 5.50. The smallest absolute Gasteiger partial charge is 0.260 e. The molecule has 0 bridgehead atoms. The van der Waals surface area contributed by atoms with E-state index in [1.165, 1.54) is 0 Å². The first-order chi connectivity index (χ1) is 14.6. The number of carbonyl (C=O) groups is 1. The number of hydrogen-bond donors (Lipinski definition) is 0. The van der Waals surface area contributed by atoms with E-state index in [9.17, 15) is 4.79 Å². The first-order valence-corrected chi connectivity index (χ1v) is 10.4. The first-order valence-electron chi connectivity index (χ1n) is 9.60. The molecule has 30 heavy (non-hydrogen) atoms. The Morgan fingerprint density at radius 2 is 1.63 bits per heavy atom. The van der Waals surface area contributed by atoms with Crippen LogP contribution in [0.4, 0.5) is 5.82 Å². The lowest BCUT2D eigenvalue weighted by molar-refractivity contribution is -0.133. The zero-order valence-electron chi connectivity index (χ0n) is 16.2. The van der Waals surface area contributed by atoms with Crippen molar-refractivity contribution in [3.8, 4) is 17.0 Å². The van der Waals surface area contributed by atoms with Gasteiger partial charge in [0.25, 0.3) is 5.91 Å². The molecule has 0 N–H and O–H groups in total. The second-order valence-corrected chi connectivity index (χ2v) is 7.71. The van der Waals surface area contributed by atoms with Gasteiger partial charge >= 0.3 is 0 Å². The number of para-hydroxylation sites is 1. The average Bonchev–Trinajstić information content (AvgIpc) is 2.79. The molecule has 1 saturated heterocycles. The molecule has 2 aromatic carbocycles. The van der Waals surface area contributed by atoms with Crippen LogP contribution >= 0.6 is 23.2 Å². The number of nitrogens with zero attached hydrogens (tertiary/aromatic N) is 4. The van der Waals surface area contributed by atoms with Crippen LogP contribution in [0.15, 0.2) is 60.7 Å². The highest BCUT2D eigenvalue weighted by Gasteiger charge is 2.22. The first kappa shape index (κ1) is 20.4. The maximum atomic E-state index is 12.5. The Hall–Kier alpha value is -2.83. The standard InChI is InChI=1S/C22H20Cl2N4O2/c23-17-7-5-16(6-8-17)19-9-10-21(26-25-19)27-11-13-28(14-12-27)22(29)15-30-20-4-2-1-3-18(20)24/h1-10H,11-15H2. The summed E-state index contributed by atoms with van der Waals surface area (Å²) in [7, 11) is 0. The van der Waals surface area contributed by atoms with E-state index in [0.29, 0.717) is 42.0 Å². The number of carbonyl (C=O) groups excluding carboxylic acids is 1. The van der Waals surface area contributed by atoms with Crippen molar-refractivity contribution >= 4 is 34.9 Å². The van der Waals surface area contributed by atoms with Crippen molar-refractivity contribution in [2.45, 2.75) is 0 Å². The largest absolute Gasteiger partial charge is 0.482 e. The SMILES string of the molecule is O=C(COc1ccccc1Cl)N1CCN(c2ccc(-c3ccc(Cl)cc3)nn2)CC1. The summed E-state index contributed by atoms with van der Waals surface area (Å²) in [4.78, 5) is 16.4. The van der Waals surface area contributed by atoms with E-state index in [2.05, 4.69) is 15.1 Å². The number of hydrogen-bond acceptors (Lipinski definition) is 5. The van der Waals surface area contributed by atoms with Gasteiger partial charge in [0.2, 0.25) is 0 Å². The van der Waals surface area contributed by atoms with Gasteiger partial charge in [-0.15, -0.1) is 10.2 Å². The van der Waals surface area contributed by atoms with Gasteiger partial charge in [-0.25, -0.2) is 0 Å². The number of piperazine rings is 1. The topological polar surface area (TPSA) is 58.6 Å². The number of rotatable bonds is 5. The van der Waals surface area contributed by atoms with Gasteiger partial charge in [0, 0.05) is 36.8 Å². The van der Waals surface area contributed by atoms with E-state index in [-0.39, 0.29) is 12.5 Å². The quantitative estimate of drug-likeness (QED) is 0.592. The number of amides is 1. The summed E-state index contributed by atoms with van der Waals surface area (Å²) >= 11 is 12.0. The summed E-state index contributed by atoms with van der Waals surface area (Å²) in [6.07, 6.45) is 0. The van der Waals surface area contributed by atoms with Crippen molar-refractivity contribution in [2.24, 2.45) is 0 Å². The minimum Gasteiger partial charge on any atom is -0.482 e. The van der Waals surface area contributed by atoms with Crippen molar-refractivity contribution in [3.63, 3.8) is 0 Å². The monoisotopic (exact) mass is 442 g/mol. The Kier molecular flexibility index (Phi) is 6.35. The highest BCUT2D eigenvalue weighted by Crippen LogP contribution is 2.23. The summed E-state index contributed by atoms with van der Waals surface area (Å²) in [5.74, 6) is 1.26. The van der Waals surface area contributed by atoms with E-state index < -0.39 is 0 Å². The molecule has 2 heterocycles. The van der Waals surface area contributed by atoms with Gasteiger partial charge in [0.05, 0.1) is 10.7 Å². The molecule has 154 valence electrons. The summed E-state index contributed by atoms with van der Waals surface area (Å²) in [5, 5.41) is 9.87. The zero-order valence-corrected chi connectivity index (χ0v) is 17.7. The minimum atomic E-state index is -0.0567. The van der Waals surface area contributed by atoms with Gasteiger partial charge in [-0.2, -0.15) is 0 Å². The summed E-state index contributed by atoms with van der Waals surface area (Å²) in [5.41, 5.74) is 1.76. The van der Waals surface area contributed by atoms with Crippen LogP contribution in [0.3, 0.4) is 0 Å².